The molecule has 0 unspecified atom stereocenters. The number of nitrogens with zero attached hydrogens (tertiary/aromatic N) is 2. The number of anilines is 1. The monoisotopic (exact) mass is 257 g/mol. The van der Waals surface area contributed by atoms with Crippen LogP contribution >= 0.6 is 0 Å². The van der Waals surface area contributed by atoms with Gasteiger partial charge in [-0.1, -0.05) is 19.1 Å². The van der Waals surface area contributed by atoms with E-state index in [0.717, 1.165) is 29.1 Å². The van der Waals surface area contributed by atoms with Crippen molar-refractivity contribution in [3.63, 3.8) is 0 Å². The average molecular weight is 257 g/mol. The zero-order valence-electron chi connectivity index (χ0n) is 11.6. The number of aromatic nitrogens is 2. The predicted molar refractivity (Wildman–Crippen MR) is 77.1 cm³/mol. The number of ether oxygens (including phenoxy) is 1. The Morgan fingerprint density at radius 2 is 1.79 bits per heavy atom. The van der Waals surface area contributed by atoms with Gasteiger partial charge in [-0.2, -0.15) is 0 Å². The Kier molecular flexibility index (Phi) is 4.00. The zero-order valence-corrected chi connectivity index (χ0v) is 11.6. The first-order valence-corrected chi connectivity index (χ1v) is 6.46. The number of hydrogen-bond donors (Lipinski definition) is 1. The Bertz CT molecular complexity index is 582. The fourth-order valence-electron chi connectivity index (χ4n) is 1.82. The number of aryl methyl sites for hydroxylation is 2. The minimum absolute atomic E-state index is 0.440. The van der Waals surface area contributed by atoms with Gasteiger partial charge < -0.3 is 10.5 Å². The molecule has 1 aromatic heterocycles. The van der Waals surface area contributed by atoms with Gasteiger partial charge in [-0.15, -0.1) is 0 Å². The Balaban J connectivity index is 2.49. The predicted octanol–water partition coefficient (Wildman–Crippen LogP) is 3.13. The molecule has 1 heterocycles. The lowest BCUT2D eigenvalue weighted by molar-refractivity contribution is 0.318. The lowest BCUT2D eigenvalue weighted by atomic mass is 10.1. The van der Waals surface area contributed by atoms with Crippen LogP contribution in [-0.2, 0) is 0 Å². The molecule has 1 aromatic carbocycles. The third kappa shape index (κ3) is 2.84. The molecule has 0 saturated carbocycles. The van der Waals surface area contributed by atoms with Gasteiger partial charge in [-0.05, 0) is 32.4 Å². The highest BCUT2D eigenvalue weighted by atomic mass is 16.5. The van der Waals surface area contributed by atoms with Gasteiger partial charge in [-0.3, -0.25) is 0 Å². The second kappa shape index (κ2) is 5.69. The van der Waals surface area contributed by atoms with Crippen LogP contribution < -0.4 is 10.5 Å². The van der Waals surface area contributed by atoms with Crippen LogP contribution in [0.25, 0.3) is 11.3 Å². The van der Waals surface area contributed by atoms with Gasteiger partial charge >= 0.3 is 0 Å². The molecule has 0 radical (unpaired) electrons. The summed E-state index contributed by atoms with van der Waals surface area (Å²) in [5.74, 6) is 1.24. The number of nitrogens with two attached hydrogens (primary N) is 1. The van der Waals surface area contributed by atoms with Crippen LogP contribution in [0.5, 0.6) is 5.75 Å². The molecule has 0 saturated heterocycles. The summed E-state index contributed by atoms with van der Waals surface area (Å²) in [6.07, 6.45) is 0.961. The lowest BCUT2D eigenvalue weighted by Crippen LogP contribution is -2.04. The van der Waals surface area contributed by atoms with Crippen molar-refractivity contribution in [2.24, 2.45) is 0 Å². The van der Waals surface area contributed by atoms with E-state index in [-0.39, 0.29) is 0 Å². The van der Waals surface area contributed by atoms with Gasteiger partial charge in [-0.25, -0.2) is 9.97 Å². The molecule has 2 aromatic rings. The van der Waals surface area contributed by atoms with Gasteiger partial charge in [0.2, 0.25) is 0 Å². The molecule has 100 valence electrons. The van der Waals surface area contributed by atoms with E-state index in [1.807, 2.05) is 38.1 Å². The Labute approximate surface area is 113 Å². The number of para-hydroxylation sites is 1. The van der Waals surface area contributed by atoms with Crippen LogP contribution in [0.3, 0.4) is 0 Å². The van der Waals surface area contributed by atoms with Crippen molar-refractivity contribution in [1.29, 1.82) is 0 Å². The smallest absolute Gasteiger partial charge is 0.150 e. The maximum atomic E-state index is 5.99. The van der Waals surface area contributed by atoms with Crippen LogP contribution in [0.1, 0.15) is 24.7 Å². The largest absolute Gasteiger partial charge is 0.493 e. The van der Waals surface area contributed by atoms with Gasteiger partial charge in [0.15, 0.2) is 0 Å². The quantitative estimate of drug-likeness (QED) is 0.914. The summed E-state index contributed by atoms with van der Waals surface area (Å²) in [6.45, 7) is 6.59. The third-order valence-corrected chi connectivity index (χ3v) is 2.94. The van der Waals surface area contributed by atoms with E-state index in [2.05, 4.69) is 16.9 Å². The number of hydrogen-bond acceptors (Lipinski definition) is 4. The van der Waals surface area contributed by atoms with Crippen molar-refractivity contribution in [2.75, 3.05) is 12.3 Å². The van der Waals surface area contributed by atoms with Crippen molar-refractivity contribution in [3.05, 3.63) is 35.7 Å². The molecule has 2 rings (SSSR count). The normalized spacial score (nSPS) is 10.5. The summed E-state index contributed by atoms with van der Waals surface area (Å²) in [5, 5.41) is 0. The highest BCUT2D eigenvalue weighted by Gasteiger charge is 2.13. The minimum atomic E-state index is 0.440. The first-order chi connectivity index (χ1) is 9.13. The summed E-state index contributed by atoms with van der Waals surface area (Å²) in [5.41, 5.74) is 9.31. The van der Waals surface area contributed by atoms with Crippen molar-refractivity contribution < 1.29 is 4.74 Å². The number of nitrogen functional groups attached to an aromatic ring is 1. The maximum absolute atomic E-state index is 5.99. The first-order valence-electron chi connectivity index (χ1n) is 6.46. The van der Waals surface area contributed by atoms with Crippen molar-refractivity contribution in [1.82, 2.24) is 9.97 Å². The van der Waals surface area contributed by atoms with Crippen LogP contribution in [0.2, 0.25) is 0 Å². The topological polar surface area (TPSA) is 61.0 Å². The molecule has 0 aliphatic rings. The van der Waals surface area contributed by atoms with Crippen molar-refractivity contribution >= 4 is 5.82 Å². The Hall–Kier alpha value is -2.10. The number of benzene rings is 1. The third-order valence-electron chi connectivity index (χ3n) is 2.94. The summed E-state index contributed by atoms with van der Waals surface area (Å²) < 4.78 is 5.74. The Morgan fingerprint density at radius 3 is 2.53 bits per heavy atom. The highest BCUT2D eigenvalue weighted by Crippen LogP contribution is 2.31. The summed E-state index contributed by atoms with van der Waals surface area (Å²) in [7, 11) is 0. The first kappa shape index (κ1) is 13.3. The van der Waals surface area contributed by atoms with Crippen LogP contribution in [-0.4, -0.2) is 16.6 Å². The molecule has 0 amide bonds. The molecule has 4 nitrogen and oxygen atoms in total. The second-order valence-corrected chi connectivity index (χ2v) is 4.47. The molecule has 0 bridgehead atoms. The molecule has 2 N–H and O–H groups in total. The second-order valence-electron chi connectivity index (χ2n) is 4.47. The van der Waals surface area contributed by atoms with Gasteiger partial charge in [0, 0.05) is 5.56 Å². The van der Waals surface area contributed by atoms with E-state index in [1.54, 1.807) is 0 Å². The van der Waals surface area contributed by atoms with Gasteiger partial charge in [0.25, 0.3) is 0 Å². The SMILES string of the molecule is CCCOc1ccccc1-c1nc(C)c(C)nc1N. The molecule has 0 fully saturated rings. The molecular weight excluding hydrogens is 238 g/mol. The summed E-state index contributed by atoms with van der Waals surface area (Å²) in [4.78, 5) is 8.87. The fraction of sp³-hybridized carbons (Fsp3) is 0.333. The summed E-state index contributed by atoms with van der Waals surface area (Å²) in [6, 6.07) is 7.78. The molecule has 0 aliphatic heterocycles. The van der Waals surface area contributed by atoms with Crippen molar-refractivity contribution in [3.8, 4) is 17.0 Å². The Morgan fingerprint density at radius 1 is 1.11 bits per heavy atom. The van der Waals surface area contributed by atoms with Gasteiger partial charge in [0.1, 0.15) is 17.3 Å². The zero-order chi connectivity index (χ0) is 13.8. The molecule has 19 heavy (non-hydrogen) atoms. The molecule has 0 atom stereocenters. The molecular formula is C15H19N3O. The number of rotatable bonds is 4. The van der Waals surface area contributed by atoms with Crippen LogP contribution in [0.15, 0.2) is 24.3 Å². The maximum Gasteiger partial charge on any atom is 0.150 e. The molecule has 0 spiro atoms. The van der Waals surface area contributed by atoms with E-state index < -0.39 is 0 Å². The van der Waals surface area contributed by atoms with E-state index in [0.29, 0.717) is 18.1 Å². The van der Waals surface area contributed by atoms with E-state index in [1.165, 1.54) is 0 Å². The molecule has 0 aliphatic carbocycles. The van der Waals surface area contributed by atoms with Gasteiger partial charge in [0.05, 0.1) is 18.0 Å². The lowest BCUT2D eigenvalue weighted by Gasteiger charge is -2.12. The average Bonchev–Trinajstić information content (AvgIpc) is 2.41. The molecule has 4 heteroatoms. The van der Waals surface area contributed by atoms with Crippen LogP contribution in [0.4, 0.5) is 5.82 Å². The van der Waals surface area contributed by atoms with E-state index >= 15 is 0 Å². The fourth-order valence-corrected chi connectivity index (χ4v) is 1.82. The minimum Gasteiger partial charge on any atom is -0.493 e. The van der Waals surface area contributed by atoms with E-state index in [9.17, 15) is 0 Å². The van der Waals surface area contributed by atoms with Crippen LogP contribution in [0, 0.1) is 13.8 Å². The van der Waals surface area contributed by atoms with Crippen molar-refractivity contribution in [2.45, 2.75) is 27.2 Å². The standard InChI is InChI=1S/C15H19N3O/c1-4-9-19-13-8-6-5-7-12(13)14-15(16)18-11(3)10(2)17-14/h5-8H,4,9H2,1-3H3,(H2,16,18). The van der Waals surface area contributed by atoms with E-state index in [4.69, 9.17) is 10.5 Å². The highest BCUT2D eigenvalue weighted by molar-refractivity contribution is 5.75. The summed E-state index contributed by atoms with van der Waals surface area (Å²) >= 11 is 0.